The van der Waals surface area contributed by atoms with E-state index in [-0.39, 0.29) is 0 Å². The number of sulfonamides is 1. The van der Waals surface area contributed by atoms with Crippen LogP contribution in [0.1, 0.15) is 54.9 Å². The predicted molar refractivity (Wildman–Crippen MR) is 135 cm³/mol. The van der Waals surface area contributed by atoms with Gasteiger partial charge in [0.25, 0.3) is 0 Å². The summed E-state index contributed by atoms with van der Waals surface area (Å²) in [6.45, 7) is 10.7. The normalized spacial score (nSPS) is 19.9. The maximum Gasteiger partial charge on any atom is 0.243 e. The van der Waals surface area contributed by atoms with Crippen LogP contribution in [0.4, 0.5) is 5.82 Å². The van der Waals surface area contributed by atoms with Gasteiger partial charge in [-0.15, -0.1) is 11.3 Å². The first-order valence-electron chi connectivity index (χ1n) is 11.9. The topological polar surface area (TPSA) is 66.4 Å². The van der Waals surface area contributed by atoms with Crippen molar-refractivity contribution in [3.63, 3.8) is 0 Å². The molecule has 8 heteroatoms. The molecule has 1 aromatic carbocycles. The van der Waals surface area contributed by atoms with Gasteiger partial charge >= 0.3 is 0 Å². The molecule has 1 saturated heterocycles. The SMILES string of the molecule is Cc1nc(N2CCN(S(=O)(=O)c3ccc(C(C)C)cc3)CC2)c2c3c(sc2n1)CC(C)CC3. The van der Waals surface area contributed by atoms with Crippen molar-refractivity contribution in [2.45, 2.75) is 57.8 Å². The van der Waals surface area contributed by atoms with E-state index in [0.29, 0.717) is 42.9 Å². The molecule has 1 aliphatic heterocycles. The standard InChI is InChI=1S/C25H32N4O2S2/c1-16(2)19-6-8-20(9-7-19)33(30,31)29-13-11-28(12-14-29)24-23-21-10-5-17(3)15-22(21)32-25(23)27-18(4)26-24/h6-9,16-17H,5,10-15H2,1-4H3. The van der Waals surface area contributed by atoms with Crippen LogP contribution in [0.25, 0.3) is 10.2 Å². The molecule has 0 spiro atoms. The Hall–Kier alpha value is -2.03. The van der Waals surface area contributed by atoms with Crippen molar-refractivity contribution in [1.29, 1.82) is 0 Å². The van der Waals surface area contributed by atoms with Gasteiger partial charge < -0.3 is 4.90 Å². The van der Waals surface area contributed by atoms with Crippen LogP contribution in [-0.2, 0) is 22.9 Å². The molecule has 0 radical (unpaired) electrons. The van der Waals surface area contributed by atoms with E-state index in [1.807, 2.05) is 30.4 Å². The van der Waals surface area contributed by atoms with E-state index in [9.17, 15) is 8.42 Å². The maximum absolute atomic E-state index is 13.2. The van der Waals surface area contributed by atoms with Crippen molar-refractivity contribution >= 4 is 37.4 Å². The summed E-state index contributed by atoms with van der Waals surface area (Å²) in [6, 6.07) is 7.34. The molecule has 1 unspecified atom stereocenters. The van der Waals surface area contributed by atoms with Crippen LogP contribution in [0, 0.1) is 12.8 Å². The molecule has 33 heavy (non-hydrogen) atoms. The molecular weight excluding hydrogens is 452 g/mol. The van der Waals surface area contributed by atoms with Gasteiger partial charge in [-0.2, -0.15) is 4.31 Å². The second-order valence-electron chi connectivity index (χ2n) is 9.74. The van der Waals surface area contributed by atoms with E-state index >= 15 is 0 Å². The van der Waals surface area contributed by atoms with Crippen LogP contribution in [0.2, 0.25) is 0 Å². The van der Waals surface area contributed by atoms with Crippen molar-refractivity contribution < 1.29 is 8.42 Å². The minimum Gasteiger partial charge on any atom is -0.353 e. The number of aromatic nitrogens is 2. The Bertz CT molecular complexity index is 1270. The number of benzene rings is 1. The second kappa shape index (κ2) is 8.64. The number of rotatable bonds is 4. The van der Waals surface area contributed by atoms with E-state index in [0.717, 1.165) is 34.9 Å². The van der Waals surface area contributed by atoms with E-state index < -0.39 is 10.0 Å². The lowest BCUT2D eigenvalue weighted by molar-refractivity contribution is 0.384. The number of aryl methyl sites for hydroxylation is 2. The fourth-order valence-electron chi connectivity index (χ4n) is 4.97. The molecule has 6 nitrogen and oxygen atoms in total. The fraction of sp³-hybridized carbons (Fsp3) is 0.520. The molecule has 1 fully saturated rings. The Labute approximate surface area is 200 Å². The number of piperazine rings is 1. The van der Waals surface area contributed by atoms with Crippen LogP contribution in [-0.4, -0.2) is 48.9 Å². The summed E-state index contributed by atoms with van der Waals surface area (Å²) < 4.78 is 28.1. The first kappa shape index (κ1) is 22.7. The van der Waals surface area contributed by atoms with Crippen molar-refractivity contribution in [1.82, 2.24) is 14.3 Å². The van der Waals surface area contributed by atoms with Crippen molar-refractivity contribution in [3.05, 3.63) is 46.1 Å². The zero-order chi connectivity index (χ0) is 23.3. The fourth-order valence-corrected chi connectivity index (χ4v) is 7.81. The lowest BCUT2D eigenvalue weighted by Crippen LogP contribution is -2.49. The first-order valence-corrected chi connectivity index (χ1v) is 14.1. The molecule has 5 rings (SSSR count). The summed E-state index contributed by atoms with van der Waals surface area (Å²) in [5, 5.41) is 1.20. The highest BCUT2D eigenvalue weighted by molar-refractivity contribution is 7.89. The highest BCUT2D eigenvalue weighted by atomic mass is 32.2. The Balaban J connectivity index is 1.39. The van der Waals surface area contributed by atoms with Gasteiger partial charge in [0.05, 0.1) is 10.3 Å². The summed E-state index contributed by atoms with van der Waals surface area (Å²) in [6.07, 6.45) is 3.40. The average Bonchev–Trinajstić information content (AvgIpc) is 3.15. The number of anilines is 1. The smallest absolute Gasteiger partial charge is 0.243 e. The first-order chi connectivity index (χ1) is 15.7. The van der Waals surface area contributed by atoms with Gasteiger partial charge in [-0.3, -0.25) is 0 Å². The molecule has 0 amide bonds. The predicted octanol–water partition coefficient (Wildman–Crippen LogP) is 4.76. The van der Waals surface area contributed by atoms with Crippen molar-refractivity contribution in [2.24, 2.45) is 5.92 Å². The van der Waals surface area contributed by atoms with E-state index in [4.69, 9.17) is 9.97 Å². The quantitative estimate of drug-likeness (QED) is 0.534. The van der Waals surface area contributed by atoms with Crippen LogP contribution < -0.4 is 4.90 Å². The zero-order valence-corrected chi connectivity index (χ0v) is 21.5. The summed E-state index contributed by atoms with van der Waals surface area (Å²) in [4.78, 5) is 14.8. The zero-order valence-electron chi connectivity index (χ0n) is 19.8. The molecule has 0 bridgehead atoms. The maximum atomic E-state index is 13.2. The van der Waals surface area contributed by atoms with Gasteiger partial charge in [-0.25, -0.2) is 18.4 Å². The third-order valence-electron chi connectivity index (χ3n) is 6.97. The summed E-state index contributed by atoms with van der Waals surface area (Å²) >= 11 is 1.82. The Morgan fingerprint density at radius 3 is 2.42 bits per heavy atom. The van der Waals surface area contributed by atoms with Crippen LogP contribution in [0.15, 0.2) is 29.2 Å². The van der Waals surface area contributed by atoms with E-state index in [1.165, 1.54) is 22.2 Å². The molecule has 0 saturated carbocycles. The molecule has 1 aliphatic carbocycles. The Morgan fingerprint density at radius 2 is 1.76 bits per heavy atom. The molecule has 0 N–H and O–H groups in total. The highest BCUT2D eigenvalue weighted by Gasteiger charge is 2.31. The minimum atomic E-state index is -3.49. The summed E-state index contributed by atoms with van der Waals surface area (Å²) in [5.74, 6) is 2.86. The summed E-state index contributed by atoms with van der Waals surface area (Å²) in [7, 11) is -3.49. The lowest BCUT2D eigenvalue weighted by atomic mass is 9.89. The molecule has 2 aromatic heterocycles. The molecule has 2 aliphatic rings. The monoisotopic (exact) mass is 484 g/mol. The summed E-state index contributed by atoms with van der Waals surface area (Å²) in [5.41, 5.74) is 2.57. The number of thiophene rings is 1. The molecule has 176 valence electrons. The number of hydrogen-bond acceptors (Lipinski definition) is 6. The molecule has 1 atom stereocenters. The third kappa shape index (κ3) is 4.17. The van der Waals surface area contributed by atoms with Gasteiger partial charge in [0.15, 0.2) is 0 Å². The lowest BCUT2D eigenvalue weighted by Gasteiger charge is -2.35. The molecule has 3 heterocycles. The Kier molecular flexibility index (Phi) is 5.95. The van der Waals surface area contributed by atoms with E-state index in [1.54, 1.807) is 16.4 Å². The molecular formula is C25H32N4O2S2. The van der Waals surface area contributed by atoms with Crippen LogP contribution >= 0.6 is 11.3 Å². The number of fused-ring (bicyclic) bond motifs is 3. The average molecular weight is 485 g/mol. The second-order valence-corrected chi connectivity index (χ2v) is 12.8. The van der Waals surface area contributed by atoms with Gasteiger partial charge in [0, 0.05) is 31.1 Å². The highest BCUT2D eigenvalue weighted by Crippen LogP contribution is 2.41. The Morgan fingerprint density at radius 1 is 1.06 bits per heavy atom. The van der Waals surface area contributed by atoms with Crippen LogP contribution in [0.5, 0.6) is 0 Å². The van der Waals surface area contributed by atoms with Gasteiger partial charge in [-0.1, -0.05) is 32.9 Å². The van der Waals surface area contributed by atoms with Crippen molar-refractivity contribution in [2.75, 3.05) is 31.1 Å². The van der Waals surface area contributed by atoms with E-state index in [2.05, 4.69) is 25.7 Å². The van der Waals surface area contributed by atoms with Crippen LogP contribution in [0.3, 0.4) is 0 Å². The van der Waals surface area contributed by atoms with Gasteiger partial charge in [0.2, 0.25) is 10.0 Å². The van der Waals surface area contributed by atoms with Crippen molar-refractivity contribution in [3.8, 4) is 0 Å². The number of hydrogen-bond donors (Lipinski definition) is 0. The third-order valence-corrected chi connectivity index (χ3v) is 10.0. The van der Waals surface area contributed by atoms with Gasteiger partial charge in [-0.05, 0) is 61.3 Å². The largest absolute Gasteiger partial charge is 0.353 e. The number of nitrogens with zero attached hydrogens (tertiary/aromatic N) is 4. The molecule has 3 aromatic rings. The van der Waals surface area contributed by atoms with Gasteiger partial charge in [0.1, 0.15) is 16.5 Å². The minimum absolute atomic E-state index is 0.377.